The first kappa shape index (κ1) is 11.9. The third-order valence-electron chi connectivity index (χ3n) is 2.26. The predicted octanol–water partition coefficient (Wildman–Crippen LogP) is 0.0229. The molecule has 0 atom stereocenters. The third-order valence-corrected chi connectivity index (χ3v) is 2.26. The molecule has 0 aromatic carbocycles. The Balaban J connectivity index is 2.20. The van der Waals surface area contributed by atoms with Gasteiger partial charge in [0.25, 0.3) is 5.91 Å². The lowest BCUT2D eigenvalue weighted by Gasteiger charge is -2.01. The fourth-order valence-electron chi connectivity index (χ4n) is 1.40. The first-order valence-electron chi connectivity index (χ1n) is 5.23. The van der Waals surface area contributed by atoms with Crippen LogP contribution in [0.25, 0.3) is 0 Å². The van der Waals surface area contributed by atoms with Crippen LogP contribution in [-0.4, -0.2) is 31.7 Å². The number of aromatic nitrogens is 4. The molecule has 1 amide bonds. The molecule has 2 rings (SSSR count). The van der Waals surface area contributed by atoms with Crippen molar-refractivity contribution in [1.82, 2.24) is 20.0 Å². The topological polar surface area (TPSA) is 104 Å². The molecule has 0 spiro atoms. The molecule has 0 saturated heterocycles. The average molecular weight is 245 g/mol. The number of nitrogens with two attached hydrogens (primary N) is 1. The van der Waals surface area contributed by atoms with Gasteiger partial charge in [0.1, 0.15) is 12.2 Å². The molecule has 2 heterocycles. The predicted molar refractivity (Wildman–Crippen MR) is 61.9 cm³/mol. The number of hydrogen-bond donors (Lipinski definition) is 1. The van der Waals surface area contributed by atoms with E-state index in [1.807, 2.05) is 0 Å². The molecule has 7 nitrogen and oxygen atoms in total. The van der Waals surface area contributed by atoms with E-state index in [1.165, 1.54) is 17.9 Å². The van der Waals surface area contributed by atoms with Crippen molar-refractivity contribution in [3.05, 3.63) is 41.5 Å². The van der Waals surface area contributed by atoms with Gasteiger partial charge in [-0.05, 0) is 12.1 Å². The molecular formula is C11H11N5O2. The second-order valence-corrected chi connectivity index (χ2v) is 3.69. The van der Waals surface area contributed by atoms with E-state index in [1.54, 1.807) is 18.2 Å². The molecule has 0 bridgehead atoms. The molecule has 0 radical (unpaired) electrons. The quantitative estimate of drug-likeness (QED) is 0.765. The summed E-state index contributed by atoms with van der Waals surface area (Å²) in [5.41, 5.74) is 6.18. The van der Waals surface area contributed by atoms with Crippen molar-refractivity contribution in [1.29, 1.82) is 0 Å². The van der Waals surface area contributed by atoms with Crippen LogP contribution in [0.15, 0.2) is 24.4 Å². The smallest absolute Gasteiger partial charge is 0.270 e. The van der Waals surface area contributed by atoms with Gasteiger partial charge in [-0.2, -0.15) is 9.90 Å². The number of Topliss-reactive ketones (excluding diaryl/α,β-unsaturated/α-hetero) is 1. The monoisotopic (exact) mass is 245 g/mol. The lowest BCUT2D eigenvalue weighted by molar-refractivity contribution is 0.0991. The van der Waals surface area contributed by atoms with E-state index in [-0.39, 0.29) is 18.0 Å². The maximum Gasteiger partial charge on any atom is 0.270 e. The molecule has 18 heavy (non-hydrogen) atoms. The number of primary amides is 1. The number of rotatable bonds is 4. The van der Waals surface area contributed by atoms with Crippen molar-refractivity contribution in [2.45, 2.75) is 13.5 Å². The summed E-state index contributed by atoms with van der Waals surface area (Å²) < 4.78 is 0. The summed E-state index contributed by atoms with van der Waals surface area (Å²) in [5.74, 6) is -0.741. The summed E-state index contributed by atoms with van der Waals surface area (Å²) in [4.78, 5) is 27.5. The number of carbonyl (C=O) groups is 2. The molecule has 2 aromatic rings. The fraction of sp³-hybridized carbons (Fsp3) is 0.182. The molecule has 92 valence electrons. The summed E-state index contributed by atoms with van der Waals surface area (Å²) in [6.45, 7) is 1.72. The largest absolute Gasteiger partial charge is 0.364 e. The van der Waals surface area contributed by atoms with Gasteiger partial charge in [-0.15, -0.1) is 5.10 Å². The second kappa shape index (κ2) is 4.74. The van der Waals surface area contributed by atoms with Crippen molar-refractivity contribution < 1.29 is 9.59 Å². The zero-order valence-electron chi connectivity index (χ0n) is 9.70. The SMILES string of the molecule is CC(=O)c1cccc(Cn2ncc(C(N)=O)n2)n1. The number of ketones is 1. The number of carbonyl (C=O) groups excluding carboxylic acids is 2. The van der Waals surface area contributed by atoms with Gasteiger partial charge < -0.3 is 5.73 Å². The second-order valence-electron chi connectivity index (χ2n) is 3.69. The van der Waals surface area contributed by atoms with Gasteiger partial charge in [-0.3, -0.25) is 9.59 Å². The molecule has 0 fully saturated rings. The molecule has 0 aliphatic carbocycles. The molecule has 2 aromatic heterocycles. The standard InChI is InChI=1S/C11H11N5O2/c1-7(17)9-4-2-3-8(14-9)6-16-13-5-10(15-16)11(12)18/h2-5H,6H2,1H3,(H2,12,18). The van der Waals surface area contributed by atoms with Crippen molar-refractivity contribution in [2.24, 2.45) is 5.73 Å². The third kappa shape index (κ3) is 2.57. The average Bonchev–Trinajstić information content (AvgIpc) is 2.78. The molecule has 7 heteroatoms. The number of hydrogen-bond acceptors (Lipinski definition) is 5. The normalized spacial score (nSPS) is 10.3. The minimum atomic E-state index is -0.633. The molecule has 0 aliphatic rings. The number of amides is 1. The van der Waals surface area contributed by atoms with E-state index in [4.69, 9.17) is 5.73 Å². The Bertz CT molecular complexity index is 605. The Morgan fingerprint density at radius 3 is 2.72 bits per heavy atom. The molecule has 0 unspecified atom stereocenters. The van der Waals surface area contributed by atoms with Crippen molar-refractivity contribution in [2.75, 3.05) is 0 Å². The summed E-state index contributed by atoms with van der Waals surface area (Å²) in [7, 11) is 0. The molecular weight excluding hydrogens is 234 g/mol. The van der Waals surface area contributed by atoms with E-state index in [9.17, 15) is 9.59 Å². The van der Waals surface area contributed by atoms with Crippen LogP contribution in [0.2, 0.25) is 0 Å². The minimum absolute atomic E-state index is 0.0951. The Labute approximate surface area is 103 Å². The Kier molecular flexibility index (Phi) is 3.13. The van der Waals surface area contributed by atoms with Gasteiger partial charge in [-0.1, -0.05) is 6.07 Å². The lowest BCUT2D eigenvalue weighted by Crippen LogP contribution is -2.13. The molecule has 0 saturated carbocycles. The first-order valence-corrected chi connectivity index (χ1v) is 5.23. The maximum atomic E-state index is 11.2. The van der Waals surface area contributed by atoms with Gasteiger partial charge in [0.15, 0.2) is 11.5 Å². The zero-order valence-corrected chi connectivity index (χ0v) is 9.70. The van der Waals surface area contributed by atoms with Crippen LogP contribution in [0.3, 0.4) is 0 Å². The van der Waals surface area contributed by atoms with Crippen LogP contribution >= 0.6 is 0 Å². The van der Waals surface area contributed by atoms with Gasteiger partial charge in [0.05, 0.1) is 11.9 Å². The summed E-state index contributed by atoms with van der Waals surface area (Å²) in [6, 6.07) is 5.12. The Morgan fingerprint density at radius 1 is 1.33 bits per heavy atom. The van der Waals surface area contributed by atoms with Crippen molar-refractivity contribution in [3.8, 4) is 0 Å². The fourth-order valence-corrected chi connectivity index (χ4v) is 1.40. The summed E-state index contributed by atoms with van der Waals surface area (Å²) in [5, 5.41) is 7.77. The van der Waals surface area contributed by atoms with Crippen LogP contribution in [0, 0.1) is 0 Å². The van der Waals surface area contributed by atoms with Crippen LogP contribution in [0.4, 0.5) is 0 Å². The first-order chi connectivity index (χ1) is 8.56. The number of nitrogens with zero attached hydrogens (tertiary/aromatic N) is 4. The Hall–Kier alpha value is -2.57. The molecule has 0 aliphatic heterocycles. The van der Waals surface area contributed by atoms with Crippen molar-refractivity contribution >= 4 is 11.7 Å². The van der Waals surface area contributed by atoms with Crippen LogP contribution in [-0.2, 0) is 6.54 Å². The van der Waals surface area contributed by atoms with Gasteiger partial charge in [0, 0.05) is 6.92 Å². The van der Waals surface area contributed by atoms with Gasteiger partial charge >= 0.3 is 0 Å². The summed E-state index contributed by atoms with van der Waals surface area (Å²) in [6.07, 6.45) is 1.29. The molecule has 2 N–H and O–H groups in total. The highest BCUT2D eigenvalue weighted by atomic mass is 16.1. The number of pyridine rings is 1. The van der Waals surface area contributed by atoms with E-state index < -0.39 is 5.91 Å². The Morgan fingerprint density at radius 2 is 2.11 bits per heavy atom. The van der Waals surface area contributed by atoms with Crippen LogP contribution in [0.1, 0.15) is 33.6 Å². The van der Waals surface area contributed by atoms with E-state index in [0.29, 0.717) is 11.4 Å². The summed E-state index contributed by atoms with van der Waals surface area (Å²) >= 11 is 0. The lowest BCUT2D eigenvalue weighted by atomic mass is 10.2. The van der Waals surface area contributed by atoms with Gasteiger partial charge in [0.2, 0.25) is 0 Å². The highest BCUT2D eigenvalue weighted by molar-refractivity contribution is 5.92. The van der Waals surface area contributed by atoms with E-state index in [0.717, 1.165) is 0 Å². The van der Waals surface area contributed by atoms with E-state index in [2.05, 4.69) is 15.2 Å². The zero-order chi connectivity index (χ0) is 13.1. The minimum Gasteiger partial charge on any atom is -0.364 e. The van der Waals surface area contributed by atoms with Crippen LogP contribution < -0.4 is 5.73 Å². The maximum absolute atomic E-state index is 11.2. The highest BCUT2D eigenvalue weighted by Gasteiger charge is 2.08. The highest BCUT2D eigenvalue weighted by Crippen LogP contribution is 2.02. The van der Waals surface area contributed by atoms with Gasteiger partial charge in [-0.25, -0.2) is 4.98 Å². The van der Waals surface area contributed by atoms with Crippen LogP contribution in [0.5, 0.6) is 0 Å². The van der Waals surface area contributed by atoms with E-state index >= 15 is 0 Å². The van der Waals surface area contributed by atoms with Crippen molar-refractivity contribution in [3.63, 3.8) is 0 Å².